The minimum atomic E-state index is -0.684. The van der Waals surface area contributed by atoms with Crippen LogP contribution in [0.5, 0.6) is 5.75 Å². The first kappa shape index (κ1) is 25.6. The molecule has 1 heterocycles. The highest BCUT2D eigenvalue weighted by Crippen LogP contribution is 2.45. The molecule has 0 aliphatic carbocycles. The lowest BCUT2D eigenvalue weighted by atomic mass is 9.98. The number of benzene rings is 3. The van der Waals surface area contributed by atoms with Gasteiger partial charge in [0.25, 0.3) is 5.91 Å². The molecule has 1 aliphatic heterocycles. The van der Waals surface area contributed by atoms with Gasteiger partial charge in [-0.2, -0.15) is 0 Å². The Morgan fingerprint density at radius 3 is 2.66 bits per heavy atom. The van der Waals surface area contributed by atoms with Gasteiger partial charge in [0.2, 0.25) is 5.91 Å². The van der Waals surface area contributed by atoms with Crippen molar-refractivity contribution in [2.75, 3.05) is 12.0 Å². The van der Waals surface area contributed by atoms with Crippen molar-refractivity contribution in [1.29, 1.82) is 0 Å². The summed E-state index contributed by atoms with van der Waals surface area (Å²) < 4.78 is 6.18. The third kappa shape index (κ3) is 5.07. The molecule has 7 heteroatoms. The van der Waals surface area contributed by atoms with Gasteiger partial charge in [0.05, 0.1) is 19.3 Å². The highest BCUT2D eigenvalue weighted by molar-refractivity contribution is 9.10. The lowest BCUT2D eigenvalue weighted by molar-refractivity contribution is -0.130. The average Bonchev–Trinajstić information content (AvgIpc) is 2.91. The number of amides is 2. The summed E-state index contributed by atoms with van der Waals surface area (Å²) in [5.41, 5.74) is 1.77. The van der Waals surface area contributed by atoms with E-state index in [4.69, 9.17) is 4.74 Å². The number of halogens is 1. The predicted octanol–water partition coefficient (Wildman–Crippen LogP) is 6.56. The number of methoxy groups -OCH3 is 1. The Labute approximate surface area is 219 Å². The first-order valence-corrected chi connectivity index (χ1v) is 13.4. The number of thioether (sulfide) groups is 1. The molecule has 0 aromatic heterocycles. The molecule has 35 heavy (non-hydrogen) atoms. The van der Waals surface area contributed by atoms with E-state index in [1.807, 2.05) is 76.2 Å². The van der Waals surface area contributed by atoms with Crippen LogP contribution in [0.3, 0.4) is 0 Å². The topological polar surface area (TPSA) is 58.6 Å². The van der Waals surface area contributed by atoms with E-state index < -0.39 is 10.8 Å². The Morgan fingerprint density at radius 2 is 1.94 bits per heavy atom. The van der Waals surface area contributed by atoms with Crippen molar-refractivity contribution in [3.8, 4) is 5.75 Å². The number of anilines is 1. The van der Waals surface area contributed by atoms with Crippen LogP contribution in [0.4, 0.5) is 5.69 Å². The SMILES string of the molecule is CC[C@@H](C)C(=O)N[C@@H]1C(=O)N(Cc2c(OC)ccc3cc(Br)ccc23)c2ccccc2SC1(C)C. The van der Waals surface area contributed by atoms with E-state index in [0.717, 1.165) is 37.1 Å². The summed E-state index contributed by atoms with van der Waals surface area (Å²) in [6.07, 6.45) is 0.715. The van der Waals surface area contributed by atoms with Crippen molar-refractivity contribution in [2.45, 2.75) is 56.3 Å². The van der Waals surface area contributed by atoms with E-state index >= 15 is 0 Å². The molecule has 0 spiro atoms. The molecule has 0 fully saturated rings. The molecule has 3 aromatic carbocycles. The summed E-state index contributed by atoms with van der Waals surface area (Å²) in [5, 5.41) is 5.16. The fraction of sp³-hybridized carbons (Fsp3) is 0.357. The van der Waals surface area contributed by atoms with Crippen LogP contribution in [0.2, 0.25) is 0 Å². The highest BCUT2D eigenvalue weighted by Gasteiger charge is 2.44. The van der Waals surface area contributed by atoms with Crippen LogP contribution >= 0.6 is 27.7 Å². The van der Waals surface area contributed by atoms with Crippen LogP contribution in [0.1, 0.15) is 39.7 Å². The predicted molar refractivity (Wildman–Crippen MR) is 147 cm³/mol. The number of rotatable bonds is 6. The van der Waals surface area contributed by atoms with Crippen molar-refractivity contribution < 1.29 is 14.3 Å². The van der Waals surface area contributed by atoms with Crippen molar-refractivity contribution >= 4 is 56.0 Å². The molecule has 4 rings (SSSR count). The monoisotopic (exact) mass is 554 g/mol. The number of carbonyl (C=O) groups excluding carboxylic acids is 2. The lowest BCUT2D eigenvalue weighted by Crippen LogP contribution is -2.57. The molecule has 0 saturated heterocycles. The molecule has 184 valence electrons. The molecule has 0 radical (unpaired) electrons. The maximum atomic E-state index is 14.2. The molecule has 0 saturated carbocycles. The van der Waals surface area contributed by atoms with Gasteiger partial charge in [-0.1, -0.05) is 54.0 Å². The number of para-hydroxylation sites is 1. The molecule has 0 unspecified atom stereocenters. The van der Waals surface area contributed by atoms with Crippen LogP contribution in [0, 0.1) is 5.92 Å². The minimum absolute atomic E-state index is 0.0991. The van der Waals surface area contributed by atoms with Crippen LogP contribution in [-0.2, 0) is 16.1 Å². The van der Waals surface area contributed by atoms with Gasteiger partial charge in [0.1, 0.15) is 11.8 Å². The van der Waals surface area contributed by atoms with Gasteiger partial charge >= 0.3 is 0 Å². The van der Waals surface area contributed by atoms with E-state index in [2.05, 4.69) is 27.3 Å². The maximum absolute atomic E-state index is 14.2. The lowest BCUT2D eigenvalue weighted by Gasteiger charge is -2.34. The number of nitrogens with zero attached hydrogens (tertiary/aromatic N) is 1. The van der Waals surface area contributed by atoms with Crippen LogP contribution in [0.25, 0.3) is 10.8 Å². The number of ether oxygens (including phenoxy) is 1. The van der Waals surface area contributed by atoms with E-state index in [1.54, 1.807) is 23.8 Å². The van der Waals surface area contributed by atoms with Gasteiger partial charge in [0.15, 0.2) is 0 Å². The fourth-order valence-electron chi connectivity index (χ4n) is 4.41. The summed E-state index contributed by atoms with van der Waals surface area (Å²) in [6.45, 7) is 8.24. The Balaban J connectivity index is 1.84. The van der Waals surface area contributed by atoms with Crippen LogP contribution in [-0.4, -0.2) is 29.7 Å². The van der Waals surface area contributed by atoms with Gasteiger partial charge in [-0.15, -0.1) is 11.8 Å². The van der Waals surface area contributed by atoms with Crippen LogP contribution in [0.15, 0.2) is 64.0 Å². The highest BCUT2D eigenvalue weighted by atomic mass is 79.9. The molecule has 0 bridgehead atoms. The largest absolute Gasteiger partial charge is 0.496 e. The van der Waals surface area contributed by atoms with E-state index in [9.17, 15) is 9.59 Å². The Bertz CT molecular complexity index is 1280. The summed E-state index contributed by atoms with van der Waals surface area (Å²) in [6, 6.07) is 17.3. The molecule has 2 atom stereocenters. The van der Waals surface area contributed by atoms with Gasteiger partial charge in [-0.3, -0.25) is 9.59 Å². The smallest absolute Gasteiger partial charge is 0.251 e. The third-order valence-electron chi connectivity index (χ3n) is 6.67. The van der Waals surface area contributed by atoms with Crippen molar-refractivity contribution in [3.05, 3.63) is 64.6 Å². The molecular formula is C28H31BrN2O3S. The number of fused-ring (bicyclic) bond motifs is 2. The zero-order valence-corrected chi connectivity index (χ0v) is 23.1. The van der Waals surface area contributed by atoms with Crippen molar-refractivity contribution in [2.24, 2.45) is 5.92 Å². The van der Waals surface area contributed by atoms with Gasteiger partial charge in [-0.05, 0) is 61.4 Å². The molecule has 5 nitrogen and oxygen atoms in total. The Morgan fingerprint density at radius 1 is 1.20 bits per heavy atom. The number of carbonyl (C=O) groups is 2. The third-order valence-corrected chi connectivity index (χ3v) is 8.49. The Hall–Kier alpha value is -2.51. The Kier molecular flexibility index (Phi) is 7.48. The van der Waals surface area contributed by atoms with Crippen molar-refractivity contribution in [3.63, 3.8) is 0 Å². The molecule has 1 N–H and O–H groups in total. The molecule has 2 amide bonds. The fourth-order valence-corrected chi connectivity index (χ4v) is 6.06. The minimum Gasteiger partial charge on any atom is -0.496 e. The van der Waals surface area contributed by atoms with Gasteiger partial charge < -0.3 is 15.0 Å². The number of nitrogens with one attached hydrogen (secondary N) is 1. The van der Waals surface area contributed by atoms with Crippen molar-refractivity contribution in [1.82, 2.24) is 5.32 Å². The summed E-state index contributed by atoms with van der Waals surface area (Å²) in [5.74, 6) is 0.332. The second-order valence-corrected chi connectivity index (χ2v) is 12.1. The normalized spacial score (nSPS) is 18.1. The summed E-state index contributed by atoms with van der Waals surface area (Å²) in [7, 11) is 1.65. The molecule has 3 aromatic rings. The van der Waals surface area contributed by atoms with Crippen LogP contribution < -0.4 is 15.0 Å². The standard InChI is InChI=1S/C28H31BrN2O3S/c1-6-17(2)26(32)30-25-27(33)31(22-9-7-8-10-24(22)35-28(25,3)4)16-21-20-13-12-19(29)15-18(20)11-14-23(21)34-5/h7-15,17,25H,6,16H2,1-5H3,(H,30,32)/t17-,25-/m1/s1. The first-order chi connectivity index (χ1) is 16.7. The number of hydrogen-bond acceptors (Lipinski definition) is 4. The first-order valence-electron chi connectivity index (χ1n) is 11.8. The maximum Gasteiger partial charge on any atom is 0.251 e. The average molecular weight is 556 g/mol. The number of hydrogen-bond donors (Lipinski definition) is 1. The van der Waals surface area contributed by atoms with Gasteiger partial charge in [-0.25, -0.2) is 0 Å². The van der Waals surface area contributed by atoms with E-state index in [1.165, 1.54) is 0 Å². The second-order valence-electron chi connectivity index (χ2n) is 9.46. The zero-order valence-electron chi connectivity index (χ0n) is 20.7. The summed E-state index contributed by atoms with van der Waals surface area (Å²) >= 11 is 5.18. The molecular weight excluding hydrogens is 524 g/mol. The zero-order chi connectivity index (χ0) is 25.3. The van der Waals surface area contributed by atoms with E-state index in [0.29, 0.717) is 13.0 Å². The van der Waals surface area contributed by atoms with Gasteiger partial charge in [0, 0.05) is 25.6 Å². The summed E-state index contributed by atoms with van der Waals surface area (Å²) in [4.78, 5) is 29.9. The molecule has 1 aliphatic rings. The second kappa shape index (κ2) is 10.2. The van der Waals surface area contributed by atoms with E-state index in [-0.39, 0.29) is 17.7 Å². The quantitative estimate of drug-likeness (QED) is 0.374.